The van der Waals surface area contributed by atoms with E-state index >= 15 is 0 Å². The molecule has 0 saturated carbocycles. The Morgan fingerprint density at radius 3 is 3.21 bits per heavy atom. The highest BCUT2D eigenvalue weighted by Crippen LogP contribution is 2.47. The standard InChI is InChI=1S/C10H11NO3/c12-9-6-2-1-3-11-7(6)4-8-10(9)14-5-13-8/h4,11-12H,1-3,5H2. The normalized spacial score (nSPS) is 17.4. The smallest absolute Gasteiger partial charge is 0.231 e. The topological polar surface area (TPSA) is 50.7 Å². The average molecular weight is 193 g/mol. The van der Waals surface area contributed by atoms with Crippen LogP contribution in [0, 0.1) is 0 Å². The zero-order valence-electron chi connectivity index (χ0n) is 7.67. The van der Waals surface area contributed by atoms with Gasteiger partial charge in [-0.3, -0.25) is 0 Å². The van der Waals surface area contributed by atoms with Crippen LogP contribution in [-0.2, 0) is 6.42 Å². The first kappa shape index (κ1) is 7.79. The Morgan fingerprint density at radius 2 is 2.29 bits per heavy atom. The molecule has 0 unspecified atom stereocenters. The molecule has 2 heterocycles. The fourth-order valence-corrected chi connectivity index (χ4v) is 1.96. The molecule has 0 fully saturated rings. The maximum Gasteiger partial charge on any atom is 0.231 e. The van der Waals surface area contributed by atoms with E-state index in [9.17, 15) is 5.11 Å². The first-order chi connectivity index (χ1) is 6.86. The summed E-state index contributed by atoms with van der Waals surface area (Å²) in [6, 6.07) is 1.90. The second kappa shape index (κ2) is 2.70. The van der Waals surface area contributed by atoms with Crippen LogP contribution in [0.15, 0.2) is 6.07 Å². The van der Waals surface area contributed by atoms with Crippen molar-refractivity contribution in [3.8, 4) is 17.2 Å². The minimum absolute atomic E-state index is 0.200. The number of nitrogens with one attached hydrogen (secondary N) is 1. The van der Waals surface area contributed by atoms with Gasteiger partial charge in [-0.1, -0.05) is 0 Å². The van der Waals surface area contributed by atoms with Gasteiger partial charge < -0.3 is 19.9 Å². The highest BCUT2D eigenvalue weighted by molar-refractivity contribution is 5.69. The molecule has 0 saturated heterocycles. The number of hydrogen-bond donors (Lipinski definition) is 2. The van der Waals surface area contributed by atoms with Crippen LogP contribution in [0.3, 0.4) is 0 Å². The summed E-state index contributed by atoms with van der Waals surface area (Å²) in [7, 11) is 0. The number of rotatable bonds is 0. The molecule has 74 valence electrons. The van der Waals surface area contributed by atoms with Crippen molar-refractivity contribution in [2.75, 3.05) is 18.7 Å². The van der Waals surface area contributed by atoms with Crippen LogP contribution < -0.4 is 14.8 Å². The molecular formula is C10H11NO3. The lowest BCUT2D eigenvalue weighted by Crippen LogP contribution is -2.11. The van der Waals surface area contributed by atoms with Crippen molar-refractivity contribution < 1.29 is 14.6 Å². The summed E-state index contributed by atoms with van der Waals surface area (Å²) in [6.45, 7) is 1.15. The first-order valence-corrected chi connectivity index (χ1v) is 4.74. The van der Waals surface area contributed by atoms with Gasteiger partial charge in [0.25, 0.3) is 0 Å². The molecule has 3 rings (SSSR count). The van der Waals surface area contributed by atoms with E-state index in [1.165, 1.54) is 0 Å². The van der Waals surface area contributed by atoms with Crippen LogP contribution in [0.5, 0.6) is 17.2 Å². The number of hydrogen-bond acceptors (Lipinski definition) is 4. The van der Waals surface area contributed by atoms with E-state index in [1.54, 1.807) is 0 Å². The molecule has 1 aromatic rings. The number of fused-ring (bicyclic) bond motifs is 2. The zero-order valence-corrected chi connectivity index (χ0v) is 7.67. The number of benzene rings is 1. The number of phenolic OH excluding ortho intramolecular Hbond substituents is 1. The van der Waals surface area contributed by atoms with Crippen molar-refractivity contribution in [1.29, 1.82) is 0 Å². The molecular weight excluding hydrogens is 182 g/mol. The van der Waals surface area contributed by atoms with Crippen molar-refractivity contribution in [1.82, 2.24) is 0 Å². The molecule has 0 aliphatic carbocycles. The van der Waals surface area contributed by atoms with Crippen molar-refractivity contribution in [2.24, 2.45) is 0 Å². The van der Waals surface area contributed by atoms with E-state index in [-0.39, 0.29) is 12.5 Å². The van der Waals surface area contributed by atoms with Crippen LogP contribution in [0.4, 0.5) is 5.69 Å². The summed E-state index contributed by atoms with van der Waals surface area (Å²) in [6.07, 6.45) is 1.94. The number of aromatic hydroxyl groups is 1. The molecule has 0 amide bonds. The predicted molar refractivity (Wildman–Crippen MR) is 51.0 cm³/mol. The molecule has 4 heteroatoms. The summed E-state index contributed by atoms with van der Waals surface area (Å²) in [5.41, 5.74) is 1.92. The lowest BCUT2D eigenvalue weighted by molar-refractivity contribution is 0.171. The van der Waals surface area contributed by atoms with Crippen molar-refractivity contribution >= 4 is 5.69 Å². The fourth-order valence-electron chi connectivity index (χ4n) is 1.96. The van der Waals surface area contributed by atoms with Crippen LogP contribution in [0.2, 0.25) is 0 Å². The minimum atomic E-state index is 0.200. The summed E-state index contributed by atoms with van der Waals surface area (Å²) >= 11 is 0. The lowest BCUT2D eigenvalue weighted by Gasteiger charge is -2.19. The number of phenols is 1. The van der Waals surface area contributed by atoms with E-state index in [1.807, 2.05) is 6.07 Å². The van der Waals surface area contributed by atoms with E-state index in [4.69, 9.17) is 9.47 Å². The van der Waals surface area contributed by atoms with Crippen molar-refractivity contribution in [3.63, 3.8) is 0 Å². The quantitative estimate of drug-likeness (QED) is 0.655. The zero-order chi connectivity index (χ0) is 9.54. The largest absolute Gasteiger partial charge is 0.504 e. The molecule has 0 atom stereocenters. The fraction of sp³-hybridized carbons (Fsp3) is 0.400. The third-order valence-electron chi connectivity index (χ3n) is 2.66. The Morgan fingerprint density at radius 1 is 1.36 bits per heavy atom. The summed E-state index contributed by atoms with van der Waals surface area (Å²) in [4.78, 5) is 0. The van der Waals surface area contributed by atoms with Gasteiger partial charge in [0.1, 0.15) is 0 Å². The summed E-state index contributed by atoms with van der Waals surface area (Å²) < 4.78 is 10.4. The minimum Gasteiger partial charge on any atom is -0.504 e. The number of anilines is 1. The maximum atomic E-state index is 9.91. The molecule has 0 aromatic heterocycles. The van der Waals surface area contributed by atoms with E-state index in [0.29, 0.717) is 11.5 Å². The second-order valence-corrected chi connectivity index (χ2v) is 3.52. The van der Waals surface area contributed by atoms with Crippen LogP contribution >= 0.6 is 0 Å². The van der Waals surface area contributed by atoms with E-state index in [0.717, 1.165) is 30.6 Å². The van der Waals surface area contributed by atoms with Gasteiger partial charge >= 0.3 is 0 Å². The molecule has 2 aliphatic rings. The highest BCUT2D eigenvalue weighted by Gasteiger charge is 2.25. The van der Waals surface area contributed by atoms with Crippen LogP contribution in [0.25, 0.3) is 0 Å². The molecule has 0 spiro atoms. The van der Waals surface area contributed by atoms with Crippen LogP contribution in [0.1, 0.15) is 12.0 Å². The Bertz CT molecular complexity index is 389. The predicted octanol–water partition coefficient (Wildman–Crippen LogP) is 1.48. The van der Waals surface area contributed by atoms with Gasteiger partial charge in [-0.05, 0) is 12.8 Å². The van der Waals surface area contributed by atoms with Gasteiger partial charge in [0.15, 0.2) is 11.5 Å². The Balaban J connectivity index is 2.20. The van der Waals surface area contributed by atoms with Gasteiger partial charge in [0, 0.05) is 23.9 Å². The third-order valence-corrected chi connectivity index (χ3v) is 2.66. The van der Waals surface area contributed by atoms with Crippen molar-refractivity contribution in [2.45, 2.75) is 12.8 Å². The third kappa shape index (κ3) is 0.937. The van der Waals surface area contributed by atoms with Gasteiger partial charge in [-0.25, -0.2) is 0 Å². The second-order valence-electron chi connectivity index (χ2n) is 3.52. The monoisotopic (exact) mass is 193 g/mol. The number of ether oxygens (including phenoxy) is 2. The summed E-state index contributed by atoms with van der Waals surface area (Å²) in [5, 5.41) is 13.1. The van der Waals surface area contributed by atoms with Gasteiger partial charge in [0.05, 0.1) is 0 Å². The van der Waals surface area contributed by atoms with Crippen molar-refractivity contribution in [3.05, 3.63) is 11.6 Å². The molecule has 4 nitrogen and oxygen atoms in total. The molecule has 1 aromatic carbocycles. The highest BCUT2D eigenvalue weighted by atomic mass is 16.7. The van der Waals surface area contributed by atoms with Gasteiger partial charge in [0.2, 0.25) is 12.5 Å². The SMILES string of the molecule is Oc1c2c(cc3c1OCO3)NCCC2. The molecule has 0 radical (unpaired) electrons. The Labute approximate surface area is 81.5 Å². The summed E-state index contributed by atoms with van der Waals surface area (Å²) in [5.74, 6) is 1.37. The maximum absolute atomic E-state index is 9.91. The molecule has 2 N–H and O–H groups in total. The van der Waals surface area contributed by atoms with Crippen LogP contribution in [-0.4, -0.2) is 18.4 Å². The Hall–Kier alpha value is -1.58. The van der Waals surface area contributed by atoms with E-state index in [2.05, 4.69) is 5.32 Å². The molecule has 14 heavy (non-hydrogen) atoms. The lowest BCUT2D eigenvalue weighted by atomic mass is 10.0. The first-order valence-electron chi connectivity index (χ1n) is 4.74. The molecule has 2 aliphatic heterocycles. The van der Waals surface area contributed by atoms with Gasteiger partial charge in [-0.2, -0.15) is 0 Å². The molecule has 0 bridgehead atoms. The Kier molecular flexibility index (Phi) is 1.50. The average Bonchev–Trinajstić information content (AvgIpc) is 2.66. The van der Waals surface area contributed by atoms with E-state index < -0.39 is 0 Å². The van der Waals surface area contributed by atoms with Gasteiger partial charge in [-0.15, -0.1) is 0 Å².